The maximum Gasteiger partial charge on any atom is 0.233 e. The first-order chi connectivity index (χ1) is 11.6. The molecule has 5 heteroatoms. The van der Waals surface area contributed by atoms with Gasteiger partial charge in [0.05, 0.1) is 5.41 Å². The van der Waals surface area contributed by atoms with E-state index in [1.165, 1.54) is 37.7 Å². The van der Waals surface area contributed by atoms with Gasteiger partial charge in [-0.1, -0.05) is 40.9 Å². The van der Waals surface area contributed by atoms with Gasteiger partial charge in [0.2, 0.25) is 5.91 Å². The van der Waals surface area contributed by atoms with Gasteiger partial charge < -0.3 is 10.2 Å². The number of hydrogen-bond acceptors (Lipinski definition) is 2. The van der Waals surface area contributed by atoms with E-state index in [2.05, 4.69) is 50.4 Å². The summed E-state index contributed by atoms with van der Waals surface area (Å²) in [5.74, 6) is 0.392. The second kappa shape index (κ2) is 7.58. The molecule has 25 heavy (non-hydrogen) atoms. The highest BCUT2D eigenvalue weighted by Gasteiger charge is 2.47. The van der Waals surface area contributed by atoms with Gasteiger partial charge in [-0.3, -0.25) is 4.79 Å². The molecule has 138 valence electrons. The highest BCUT2D eigenvalue weighted by molar-refractivity contribution is 9.10. The third-order valence-corrected chi connectivity index (χ3v) is 7.24. The Labute approximate surface area is 165 Å². The molecule has 1 aromatic carbocycles. The molecular weight excluding hydrogens is 400 g/mol. The summed E-state index contributed by atoms with van der Waals surface area (Å²) in [4.78, 5) is 15.7. The highest BCUT2D eigenvalue weighted by Crippen LogP contribution is 2.45. The zero-order valence-electron chi connectivity index (χ0n) is 14.7. The van der Waals surface area contributed by atoms with E-state index in [0.29, 0.717) is 11.3 Å². The van der Waals surface area contributed by atoms with Crippen LogP contribution in [0, 0.1) is 5.41 Å². The zero-order chi connectivity index (χ0) is 16.6. The number of likely N-dealkylation sites (tertiary alicyclic amines) is 1. The SMILES string of the molecule is Cl.O=C(N1CCC2(CCNC2)CC1)C1(c2ccc(Br)cc2)CCCC1. The third kappa shape index (κ3) is 3.50. The Balaban J connectivity index is 0.00000182. The summed E-state index contributed by atoms with van der Waals surface area (Å²) in [7, 11) is 0. The lowest BCUT2D eigenvalue weighted by molar-refractivity contribution is -0.139. The highest BCUT2D eigenvalue weighted by atomic mass is 79.9. The molecule has 1 N–H and O–H groups in total. The van der Waals surface area contributed by atoms with Crippen LogP contribution in [0.4, 0.5) is 0 Å². The number of nitrogens with one attached hydrogen (secondary N) is 1. The van der Waals surface area contributed by atoms with E-state index < -0.39 is 0 Å². The minimum Gasteiger partial charge on any atom is -0.342 e. The minimum absolute atomic E-state index is 0. The number of carbonyl (C=O) groups excluding carboxylic acids is 1. The largest absolute Gasteiger partial charge is 0.342 e. The second-order valence-corrected chi connectivity index (χ2v) is 8.93. The van der Waals surface area contributed by atoms with Crippen LogP contribution in [0.2, 0.25) is 0 Å². The van der Waals surface area contributed by atoms with Crippen LogP contribution in [0.15, 0.2) is 28.7 Å². The lowest BCUT2D eigenvalue weighted by atomic mass is 9.74. The second-order valence-electron chi connectivity index (χ2n) is 8.02. The van der Waals surface area contributed by atoms with E-state index in [1.807, 2.05) is 0 Å². The molecule has 1 aliphatic carbocycles. The summed E-state index contributed by atoms with van der Waals surface area (Å²) in [6, 6.07) is 8.47. The van der Waals surface area contributed by atoms with Gasteiger partial charge in [-0.05, 0) is 61.8 Å². The van der Waals surface area contributed by atoms with Gasteiger partial charge in [0.1, 0.15) is 0 Å². The fourth-order valence-electron chi connectivity index (χ4n) is 5.08. The molecule has 0 unspecified atom stereocenters. The van der Waals surface area contributed by atoms with E-state index in [4.69, 9.17) is 0 Å². The van der Waals surface area contributed by atoms with Gasteiger partial charge >= 0.3 is 0 Å². The lowest BCUT2D eigenvalue weighted by Gasteiger charge is -2.42. The standard InChI is InChI=1S/C20H27BrN2O.ClH/c21-17-5-3-16(4-6-17)20(7-1-2-8-20)18(24)23-13-10-19(11-14-23)9-12-22-15-19;/h3-6,22H,1-2,7-15H2;1H. The summed E-state index contributed by atoms with van der Waals surface area (Å²) in [6.45, 7) is 4.18. The van der Waals surface area contributed by atoms with Gasteiger partial charge in [0, 0.05) is 24.1 Å². The van der Waals surface area contributed by atoms with E-state index >= 15 is 0 Å². The zero-order valence-corrected chi connectivity index (χ0v) is 17.1. The monoisotopic (exact) mass is 426 g/mol. The van der Waals surface area contributed by atoms with E-state index in [1.54, 1.807) is 0 Å². The van der Waals surface area contributed by atoms with Crippen molar-refractivity contribution in [1.29, 1.82) is 0 Å². The fraction of sp³-hybridized carbons (Fsp3) is 0.650. The number of carbonyl (C=O) groups is 1. The van der Waals surface area contributed by atoms with Crippen molar-refractivity contribution in [2.45, 2.75) is 50.4 Å². The molecule has 1 saturated carbocycles. The number of halogens is 2. The Kier molecular flexibility index (Phi) is 5.81. The summed E-state index contributed by atoms with van der Waals surface area (Å²) >= 11 is 3.52. The summed E-state index contributed by atoms with van der Waals surface area (Å²) in [5, 5.41) is 3.51. The molecule has 0 bridgehead atoms. The van der Waals surface area contributed by atoms with Crippen LogP contribution >= 0.6 is 28.3 Å². The molecule has 1 spiro atoms. The lowest BCUT2D eigenvalue weighted by Crippen LogP contribution is -2.50. The first-order valence-electron chi connectivity index (χ1n) is 9.40. The Morgan fingerprint density at radius 1 is 1.00 bits per heavy atom. The van der Waals surface area contributed by atoms with Crippen LogP contribution in [-0.4, -0.2) is 37.0 Å². The maximum absolute atomic E-state index is 13.5. The summed E-state index contributed by atoms with van der Waals surface area (Å²) in [6.07, 6.45) is 7.98. The Morgan fingerprint density at radius 2 is 1.64 bits per heavy atom. The van der Waals surface area contributed by atoms with Gasteiger partial charge in [0.15, 0.2) is 0 Å². The molecule has 2 heterocycles. The van der Waals surface area contributed by atoms with E-state index in [0.717, 1.165) is 43.5 Å². The molecule has 4 rings (SSSR count). The Bertz CT molecular complexity index is 597. The third-order valence-electron chi connectivity index (χ3n) is 6.71. The van der Waals surface area contributed by atoms with Crippen molar-refractivity contribution in [2.75, 3.05) is 26.2 Å². The number of piperidine rings is 1. The number of nitrogens with zero attached hydrogens (tertiary/aromatic N) is 1. The van der Waals surface area contributed by atoms with Crippen molar-refractivity contribution >= 4 is 34.2 Å². The number of benzene rings is 1. The van der Waals surface area contributed by atoms with Crippen LogP contribution < -0.4 is 5.32 Å². The quantitative estimate of drug-likeness (QED) is 0.764. The number of hydrogen-bond donors (Lipinski definition) is 1. The van der Waals surface area contributed by atoms with Gasteiger partial charge in [-0.2, -0.15) is 0 Å². The molecule has 3 fully saturated rings. The van der Waals surface area contributed by atoms with Crippen LogP contribution in [0.1, 0.15) is 50.5 Å². The van der Waals surface area contributed by atoms with Crippen LogP contribution in [0.5, 0.6) is 0 Å². The average Bonchev–Trinajstić information content (AvgIpc) is 3.26. The van der Waals surface area contributed by atoms with E-state index in [9.17, 15) is 4.79 Å². The Hall–Kier alpha value is -0.580. The molecule has 0 aromatic heterocycles. The summed E-state index contributed by atoms with van der Waals surface area (Å²) < 4.78 is 1.08. The van der Waals surface area contributed by atoms with Crippen molar-refractivity contribution in [2.24, 2.45) is 5.41 Å². The van der Waals surface area contributed by atoms with Gasteiger partial charge in [-0.25, -0.2) is 0 Å². The fourth-order valence-corrected chi connectivity index (χ4v) is 5.35. The first-order valence-corrected chi connectivity index (χ1v) is 10.2. The molecule has 1 amide bonds. The van der Waals surface area contributed by atoms with Gasteiger partial charge in [0.25, 0.3) is 0 Å². The first kappa shape index (κ1) is 19.2. The smallest absolute Gasteiger partial charge is 0.233 e. The van der Waals surface area contributed by atoms with Crippen molar-refractivity contribution in [3.63, 3.8) is 0 Å². The predicted octanol–water partition coefficient (Wildman–Crippen LogP) is 4.28. The van der Waals surface area contributed by atoms with Gasteiger partial charge in [-0.15, -0.1) is 12.4 Å². The molecule has 3 nitrogen and oxygen atoms in total. The average molecular weight is 428 g/mol. The maximum atomic E-state index is 13.5. The summed E-state index contributed by atoms with van der Waals surface area (Å²) in [5.41, 5.74) is 1.42. The minimum atomic E-state index is -0.265. The molecular formula is C20H28BrClN2O. The molecule has 2 saturated heterocycles. The van der Waals surface area contributed by atoms with Crippen molar-refractivity contribution < 1.29 is 4.79 Å². The van der Waals surface area contributed by atoms with Crippen molar-refractivity contribution in [3.05, 3.63) is 34.3 Å². The molecule has 3 aliphatic rings. The topological polar surface area (TPSA) is 32.3 Å². The van der Waals surface area contributed by atoms with Crippen LogP contribution in [0.3, 0.4) is 0 Å². The Morgan fingerprint density at radius 3 is 2.20 bits per heavy atom. The molecule has 1 aromatic rings. The number of amides is 1. The van der Waals surface area contributed by atoms with Crippen LogP contribution in [-0.2, 0) is 10.2 Å². The number of rotatable bonds is 2. The predicted molar refractivity (Wildman–Crippen MR) is 107 cm³/mol. The normalized spacial score (nSPS) is 24.3. The molecule has 2 aliphatic heterocycles. The molecule has 0 radical (unpaired) electrons. The molecule has 0 atom stereocenters. The van der Waals surface area contributed by atoms with E-state index in [-0.39, 0.29) is 17.8 Å². The van der Waals surface area contributed by atoms with Crippen molar-refractivity contribution in [3.8, 4) is 0 Å². The van der Waals surface area contributed by atoms with Crippen molar-refractivity contribution in [1.82, 2.24) is 10.2 Å². The van der Waals surface area contributed by atoms with Crippen LogP contribution in [0.25, 0.3) is 0 Å².